The molecule has 0 N–H and O–H groups in total. The molecule has 5 rings (SSSR count). The van der Waals surface area contributed by atoms with Gasteiger partial charge in [-0.2, -0.15) is 5.10 Å². The molecule has 4 aromatic rings. The number of carbonyl (C=O) groups is 2. The van der Waals surface area contributed by atoms with E-state index in [9.17, 15) is 9.59 Å². The third-order valence-corrected chi connectivity index (χ3v) is 8.54. The van der Waals surface area contributed by atoms with E-state index in [0.29, 0.717) is 13.2 Å². The van der Waals surface area contributed by atoms with Gasteiger partial charge in [0.2, 0.25) is 0 Å². The van der Waals surface area contributed by atoms with E-state index >= 15 is 0 Å². The first kappa shape index (κ1) is 28.6. The SMILES string of the molecule is CCOC(=O)Cn1cc(C(SC(C)=O)C2=CCCN(C(c3ccccc3)(c3ccccc3)c3ccccc3)C2)cn1. The number of ether oxygens (including phenoxy) is 1. The van der Waals surface area contributed by atoms with Gasteiger partial charge in [-0.1, -0.05) is 109 Å². The van der Waals surface area contributed by atoms with Crippen LogP contribution in [0.15, 0.2) is 115 Å². The molecule has 3 aromatic carbocycles. The Labute approximate surface area is 246 Å². The molecule has 6 nitrogen and oxygen atoms in total. The van der Waals surface area contributed by atoms with Crippen molar-refractivity contribution in [2.45, 2.75) is 37.6 Å². The van der Waals surface area contributed by atoms with Crippen molar-refractivity contribution >= 4 is 22.8 Å². The van der Waals surface area contributed by atoms with Gasteiger partial charge in [0, 0.05) is 31.8 Å². The Balaban J connectivity index is 1.57. The van der Waals surface area contributed by atoms with Crippen LogP contribution >= 0.6 is 11.8 Å². The van der Waals surface area contributed by atoms with Crippen LogP contribution in [0.25, 0.3) is 0 Å². The number of carbonyl (C=O) groups excluding carboxylic acids is 2. The third-order valence-electron chi connectivity index (χ3n) is 7.40. The Morgan fingerprint density at radius 3 is 2.00 bits per heavy atom. The summed E-state index contributed by atoms with van der Waals surface area (Å²) in [6.07, 6.45) is 6.73. The van der Waals surface area contributed by atoms with Crippen molar-refractivity contribution in [2.75, 3.05) is 19.7 Å². The van der Waals surface area contributed by atoms with Crippen molar-refractivity contribution < 1.29 is 14.3 Å². The lowest BCUT2D eigenvalue weighted by atomic mass is 9.74. The maximum absolute atomic E-state index is 12.5. The van der Waals surface area contributed by atoms with E-state index in [4.69, 9.17) is 4.74 Å². The van der Waals surface area contributed by atoms with Crippen LogP contribution in [0.3, 0.4) is 0 Å². The Bertz CT molecular complexity index is 1390. The molecule has 0 bridgehead atoms. The number of aromatic nitrogens is 2. The first-order valence-electron chi connectivity index (χ1n) is 14.0. The van der Waals surface area contributed by atoms with Gasteiger partial charge in [-0.3, -0.25) is 19.2 Å². The van der Waals surface area contributed by atoms with Crippen molar-refractivity contribution in [3.8, 4) is 0 Å². The number of thioether (sulfide) groups is 1. The Kier molecular flexibility index (Phi) is 9.17. The van der Waals surface area contributed by atoms with Gasteiger partial charge < -0.3 is 4.74 Å². The second-order valence-corrected chi connectivity index (χ2v) is 11.3. The number of nitrogens with zero attached hydrogens (tertiary/aromatic N) is 3. The highest BCUT2D eigenvalue weighted by Crippen LogP contribution is 2.46. The fourth-order valence-electron chi connectivity index (χ4n) is 5.80. The molecule has 210 valence electrons. The van der Waals surface area contributed by atoms with E-state index in [2.05, 4.69) is 107 Å². The molecule has 0 saturated heterocycles. The minimum absolute atomic E-state index is 0.0339. The molecule has 2 heterocycles. The van der Waals surface area contributed by atoms with Crippen LogP contribution in [0.4, 0.5) is 0 Å². The van der Waals surface area contributed by atoms with E-state index in [1.165, 1.54) is 28.5 Å². The van der Waals surface area contributed by atoms with Crippen LogP contribution in [0.1, 0.15) is 47.8 Å². The molecule has 0 aliphatic carbocycles. The normalized spacial score (nSPS) is 14.7. The second kappa shape index (κ2) is 13.1. The van der Waals surface area contributed by atoms with Crippen LogP contribution in [0, 0.1) is 0 Å². The van der Waals surface area contributed by atoms with Crippen LogP contribution in [-0.4, -0.2) is 45.5 Å². The average molecular weight is 566 g/mol. The summed E-state index contributed by atoms with van der Waals surface area (Å²) >= 11 is 1.30. The highest BCUT2D eigenvalue weighted by atomic mass is 32.2. The molecule has 1 unspecified atom stereocenters. The molecule has 41 heavy (non-hydrogen) atoms. The predicted molar refractivity (Wildman–Crippen MR) is 163 cm³/mol. The van der Waals surface area contributed by atoms with Gasteiger partial charge in [-0.25, -0.2) is 0 Å². The monoisotopic (exact) mass is 565 g/mol. The zero-order valence-electron chi connectivity index (χ0n) is 23.5. The summed E-state index contributed by atoms with van der Waals surface area (Å²) in [5, 5.41) is 4.24. The van der Waals surface area contributed by atoms with Crippen molar-refractivity contribution in [3.63, 3.8) is 0 Å². The van der Waals surface area contributed by atoms with Gasteiger partial charge in [0.1, 0.15) is 6.54 Å². The first-order chi connectivity index (χ1) is 20.0. The highest BCUT2D eigenvalue weighted by Gasteiger charge is 2.43. The van der Waals surface area contributed by atoms with Gasteiger partial charge in [0.05, 0.1) is 23.6 Å². The molecule has 1 aliphatic rings. The molecule has 0 saturated carbocycles. The minimum atomic E-state index is -0.539. The lowest BCUT2D eigenvalue weighted by Gasteiger charge is -2.48. The standard InChI is InChI=1S/C34H35N3O3S/c1-3-40-32(39)25-37-24-28(22-35-37)33(41-26(2)38)27-14-13-21-36(23-27)34(29-15-7-4-8-16-29,30-17-9-5-10-18-30)31-19-11-6-12-20-31/h4-12,14-20,22,24,33H,3,13,21,23,25H2,1-2H3. The Hall–Kier alpha value is -3.94. The fraction of sp³-hybridized carbons (Fsp3) is 0.265. The molecule has 0 radical (unpaired) electrons. The molecule has 0 fully saturated rings. The quantitative estimate of drug-likeness (QED) is 0.126. The summed E-state index contributed by atoms with van der Waals surface area (Å²) in [5.74, 6) is -0.334. The van der Waals surface area contributed by atoms with Crippen molar-refractivity contribution in [1.29, 1.82) is 0 Å². The largest absolute Gasteiger partial charge is 0.465 e. The smallest absolute Gasteiger partial charge is 0.327 e. The molecule has 1 atom stereocenters. The highest BCUT2D eigenvalue weighted by molar-refractivity contribution is 8.13. The van der Waals surface area contributed by atoms with Crippen molar-refractivity contribution in [3.05, 3.63) is 137 Å². The maximum Gasteiger partial charge on any atom is 0.327 e. The van der Waals surface area contributed by atoms with Crippen LogP contribution in [0.5, 0.6) is 0 Å². The van der Waals surface area contributed by atoms with E-state index in [1.807, 2.05) is 6.20 Å². The average Bonchev–Trinajstić information content (AvgIpc) is 3.46. The maximum atomic E-state index is 12.5. The Morgan fingerprint density at radius 1 is 0.927 bits per heavy atom. The van der Waals surface area contributed by atoms with Gasteiger partial charge in [-0.15, -0.1) is 0 Å². The lowest BCUT2D eigenvalue weighted by molar-refractivity contribution is -0.144. The molecule has 1 aromatic heterocycles. The number of benzene rings is 3. The zero-order chi connectivity index (χ0) is 28.7. The van der Waals surface area contributed by atoms with E-state index in [1.54, 1.807) is 24.7 Å². The van der Waals surface area contributed by atoms with E-state index < -0.39 is 5.54 Å². The summed E-state index contributed by atoms with van der Waals surface area (Å²) in [6.45, 7) is 5.26. The molecule has 0 spiro atoms. The molecule has 0 amide bonds. The van der Waals surface area contributed by atoms with Crippen LogP contribution in [0.2, 0.25) is 0 Å². The lowest BCUT2D eigenvalue weighted by Crippen LogP contribution is -2.50. The minimum Gasteiger partial charge on any atom is -0.465 e. The molecular formula is C34H35N3O3S. The second-order valence-electron chi connectivity index (χ2n) is 10.1. The van der Waals surface area contributed by atoms with E-state index in [-0.39, 0.29) is 22.9 Å². The summed E-state index contributed by atoms with van der Waals surface area (Å²) in [5.41, 5.74) is 5.08. The summed E-state index contributed by atoms with van der Waals surface area (Å²) in [6, 6.07) is 32.0. The zero-order valence-corrected chi connectivity index (χ0v) is 24.3. The van der Waals surface area contributed by atoms with Gasteiger partial charge in [0.25, 0.3) is 0 Å². The molecule has 1 aliphatic heterocycles. The van der Waals surface area contributed by atoms with E-state index in [0.717, 1.165) is 24.1 Å². The fourth-order valence-corrected chi connectivity index (χ4v) is 6.71. The van der Waals surface area contributed by atoms with Gasteiger partial charge >= 0.3 is 5.97 Å². The molecule has 7 heteroatoms. The number of hydrogen-bond acceptors (Lipinski definition) is 6. The number of hydrogen-bond donors (Lipinski definition) is 0. The Morgan fingerprint density at radius 2 is 1.49 bits per heavy atom. The van der Waals surface area contributed by atoms with Crippen LogP contribution in [-0.2, 0) is 26.4 Å². The topological polar surface area (TPSA) is 64.4 Å². The summed E-state index contributed by atoms with van der Waals surface area (Å²) in [4.78, 5) is 27.1. The predicted octanol–water partition coefficient (Wildman–Crippen LogP) is 6.39. The van der Waals surface area contributed by atoms with Crippen molar-refractivity contribution in [1.82, 2.24) is 14.7 Å². The van der Waals surface area contributed by atoms with Crippen molar-refractivity contribution in [2.24, 2.45) is 0 Å². The van der Waals surface area contributed by atoms with Gasteiger partial charge in [-0.05, 0) is 35.6 Å². The number of rotatable bonds is 10. The van der Waals surface area contributed by atoms with Crippen LogP contribution < -0.4 is 0 Å². The summed E-state index contributed by atoms with van der Waals surface area (Å²) < 4.78 is 6.68. The summed E-state index contributed by atoms with van der Waals surface area (Å²) in [7, 11) is 0. The first-order valence-corrected chi connectivity index (χ1v) is 14.9. The third kappa shape index (κ3) is 6.21. The van der Waals surface area contributed by atoms with Gasteiger partial charge in [0.15, 0.2) is 5.12 Å². The molecular weight excluding hydrogens is 530 g/mol. The number of esters is 1.